The second-order valence-corrected chi connectivity index (χ2v) is 7.85. The van der Waals surface area contributed by atoms with Gasteiger partial charge in [-0.1, -0.05) is 27.5 Å². The number of halogens is 3. The highest BCUT2D eigenvalue weighted by Gasteiger charge is 2.19. The second-order valence-electron chi connectivity index (χ2n) is 4.03. The number of benzene rings is 2. The molecule has 0 amide bonds. The minimum atomic E-state index is -3.77. The van der Waals surface area contributed by atoms with Gasteiger partial charge in [0, 0.05) is 15.0 Å². The van der Waals surface area contributed by atoms with Crippen LogP contribution in [0.25, 0.3) is 0 Å². The average molecular weight is 456 g/mol. The molecule has 112 valence electrons. The summed E-state index contributed by atoms with van der Waals surface area (Å²) in [6.45, 7) is 0. The van der Waals surface area contributed by atoms with Crippen LogP contribution in [0.5, 0.6) is 5.75 Å². The minimum absolute atomic E-state index is 0.115. The molecule has 2 rings (SSSR count). The van der Waals surface area contributed by atoms with Crippen molar-refractivity contribution in [3.63, 3.8) is 0 Å². The third kappa shape index (κ3) is 3.91. The summed E-state index contributed by atoms with van der Waals surface area (Å²) in [7, 11) is -2.27. The molecule has 2 aromatic carbocycles. The Morgan fingerprint density at radius 3 is 2.48 bits per heavy atom. The van der Waals surface area contributed by atoms with E-state index in [9.17, 15) is 8.42 Å². The second kappa shape index (κ2) is 6.56. The van der Waals surface area contributed by atoms with Gasteiger partial charge in [-0.2, -0.15) is 0 Å². The number of ether oxygens (including phenoxy) is 1. The molecular weight excluding hydrogens is 445 g/mol. The minimum Gasteiger partial charge on any atom is -0.497 e. The van der Waals surface area contributed by atoms with E-state index in [2.05, 4.69) is 36.6 Å². The fourth-order valence-electron chi connectivity index (χ4n) is 1.60. The fraction of sp³-hybridized carbons (Fsp3) is 0.0769. The van der Waals surface area contributed by atoms with E-state index in [0.717, 1.165) is 4.47 Å². The lowest BCUT2D eigenvalue weighted by Crippen LogP contribution is -2.14. The zero-order valence-corrected chi connectivity index (χ0v) is 15.5. The number of anilines is 1. The molecule has 0 heterocycles. The molecule has 0 radical (unpaired) electrons. The van der Waals surface area contributed by atoms with Crippen molar-refractivity contribution in [3.05, 3.63) is 50.4 Å². The highest BCUT2D eigenvalue weighted by molar-refractivity contribution is 9.11. The quantitative estimate of drug-likeness (QED) is 0.729. The summed E-state index contributed by atoms with van der Waals surface area (Å²) >= 11 is 12.5. The normalized spacial score (nSPS) is 11.2. The molecule has 0 aliphatic heterocycles. The molecular formula is C13H10Br2ClNO3S. The molecule has 4 nitrogen and oxygen atoms in total. The van der Waals surface area contributed by atoms with Crippen molar-refractivity contribution in [1.29, 1.82) is 0 Å². The van der Waals surface area contributed by atoms with Crippen molar-refractivity contribution in [2.24, 2.45) is 0 Å². The van der Waals surface area contributed by atoms with E-state index < -0.39 is 10.0 Å². The zero-order chi connectivity index (χ0) is 15.6. The van der Waals surface area contributed by atoms with E-state index in [-0.39, 0.29) is 15.6 Å². The van der Waals surface area contributed by atoms with E-state index in [0.29, 0.717) is 10.2 Å². The Hall–Kier alpha value is -0.760. The zero-order valence-electron chi connectivity index (χ0n) is 10.7. The van der Waals surface area contributed by atoms with E-state index in [4.69, 9.17) is 16.3 Å². The summed E-state index contributed by atoms with van der Waals surface area (Å²) in [5.41, 5.74) is 0.255. The fourth-order valence-corrected chi connectivity index (χ4v) is 4.64. The van der Waals surface area contributed by atoms with Crippen LogP contribution in [0.3, 0.4) is 0 Å². The molecule has 0 fully saturated rings. The predicted octanol–water partition coefficient (Wildman–Crippen LogP) is 4.67. The standard InChI is InChI=1S/C13H10Br2ClNO3S/c1-20-9-3-4-11(16)12(7-9)17-21(18,19)13-5-2-8(14)6-10(13)15/h2-7,17H,1H3. The van der Waals surface area contributed by atoms with Crippen LogP contribution in [0.15, 0.2) is 50.2 Å². The van der Waals surface area contributed by atoms with E-state index in [1.165, 1.54) is 19.2 Å². The molecule has 0 bridgehead atoms. The topological polar surface area (TPSA) is 55.4 Å². The lowest BCUT2D eigenvalue weighted by Gasteiger charge is -2.12. The lowest BCUT2D eigenvalue weighted by molar-refractivity contribution is 0.415. The summed E-state index contributed by atoms with van der Waals surface area (Å²) in [6, 6.07) is 9.52. The Bertz CT molecular complexity index is 781. The first kappa shape index (κ1) is 16.6. The first-order chi connectivity index (χ1) is 9.83. The molecule has 0 unspecified atom stereocenters. The van der Waals surface area contributed by atoms with Crippen molar-refractivity contribution in [3.8, 4) is 5.75 Å². The number of methoxy groups -OCH3 is 1. The van der Waals surface area contributed by atoms with E-state index >= 15 is 0 Å². The van der Waals surface area contributed by atoms with Crippen LogP contribution < -0.4 is 9.46 Å². The van der Waals surface area contributed by atoms with Crippen molar-refractivity contribution in [2.75, 3.05) is 11.8 Å². The molecule has 0 saturated carbocycles. The van der Waals surface area contributed by atoms with Crippen LogP contribution in [0, 0.1) is 0 Å². The van der Waals surface area contributed by atoms with Crippen molar-refractivity contribution in [1.82, 2.24) is 0 Å². The molecule has 0 atom stereocenters. The molecule has 1 N–H and O–H groups in total. The van der Waals surface area contributed by atoms with Crippen molar-refractivity contribution in [2.45, 2.75) is 4.90 Å². The summed E-state index contributed by atoms with van der Waals surface area (Å²) in [6.07, 6.45) is 0. The van der Waals surface area contributed by atoms with Gasteiger partial charge in [-0.15, -0.1) is 0 Å². The Morgan fingerprint density at radius 2 is 1.86 bits per heavy atom. The third-order valence-corrected chi connectivity index (χ3v) is 5.77. The SMILES string of the molecule is COc1ccc(Cl)c(NS(=O)(=O)c2ccc(Br)cc2Br)c1. The number of nitrogens with one attached hydrogen (secondary N) is 1. The average Bonchev–Trinajstić information content (AvgIpc) is 2.40. The first-order valence-corrected chi connectivity index (χ1v) is 9.09. The number of rotatable bonds is 4. The Kier molecular flexibility index (Phi) is 5.19. The summed E-state index contributed by atoms with van der Waals surface area (Å²) in [4.78, 5) is 0.115. The van der Waals surface area contributed by atoms with Gasteiger partial charge in [0.15, 0.2) is 0 Å². The van der Waals surface area contributed by atoms with Crippen LogP contribution in [-0.2, 0) is 10.0 Å². The van der Waals surface area contributed by atoms with Crippen LogP contribution in [0.2, 0.25) is 5.02 Å². The largest absolute Gasteiger partial charge is 0.497 e. The predicted molar refractivity (Wildman–Crippen MR) is 90.7 cm³/mol. The maximum Gasteiger partial charge on any atom is 0.263 e. The Labute approximate surface area is 144 Å². The maximum absolute atomic E-state index is 12.4. The summed E-state index contributed by atoms with van der Waals surface area (Å²) in [5, 5.41) is 0.285. The molecule has 0 aliphatic carbocycles. The van der Waals surface area contributed by atoms with Crippen LogP contribution in [0.4, 0.5) is 5.69 Å². The highest BCUT2D eigenvalue weighted by Crippen LogP contribution is 2.31. The molecule has 2 aromatic rings. The molecule has 21 heavy (non-hydrogen) atoms. The molecule has 0 aromatic heterocycles. The van der Waals surface area contributed by atoms with Gasteiger partial charge in [-0.25, -0.2) is 8.42 Å². The van der Waals surface area contributed by atoms with Crippen LogP contribution in [0.1, 0.15) is 0 Å². The van der Waals surface area contributed by atoms with Gasteiger partial charge in [0.2, 0.25) is 0 Å². The first-order valence-electron chi connectivity index (χ1n) is 5.65. The number of hydrogen-bond donors (Lipinski definition) is 1. The third-order valence-electron chi connectivity index (χ3n) is 2.60. The Morgan fingerprint density at radius 1 is 1.14 bits per heavy atom. The maximum atomic E-state index is 12.4. The molecule has 0 spiro atoms. The molecule has 8 heteroatoms. The monoisotopic (exact) mass is 453 g/mol. The van der Waals surface area contributed by atoms with Gasteiger partial charge in [-0.05, 0) is 46.3 Å². The van der Waals surface area contributed by atoms with E-state index in [1.54, 1.807) is 24.3 Å². The van der Waals surface area contributed by atoms with Crippen LogP contribution >= 0.6 is 43.5 Å². The summed E-state index contributed by atoms with van der Waals surface area (Å²) in [5.74, 6) is 0.506. The van der Waals surface area contributed by atoms with E-state index in [1.807, 2.05) is 0 Å². The smallest absolute Gasteiger partial charge is 0.263 e. The highest BCUT2D eigenvalue weighted by atomic mass is 79.9. The van der Waals surface area contributed by atoms with Crippen LogP contribution in [-0.4, -0.2) is 15.5 Å². The van der Waals surface area contributed by atoms with Gasteiger partial charge in [0.05, 0.1) is 17.8 Å². The summed E-state index contributed by atoms with van der Waals surface area (Å²) < 4.78 is 33.6. The van der Waals surface area contributed by atoms with Gasteiger partial charge in [0.1, 0.15) is 10.6 Å². The molecule has 0 aliphatic rings. The number of hydrogen-bond acceptors (Lipinski definition) is 3. The number of sulfonamides is 1. The van der Waals surface area contributed by atoms with Gasteiger partial charge in [0.25, 0.3) is 10.0 Å². The van der Waals surface area contributed by atoms with Gasteiger partial charge in [-0.3, -0.25) is 4.72 Å². The molecule has 0 saturated heterocycles. The van der Waals surface area contributed by atoms with Gasteiger partial charge < -0.3 is 4.74 Å². The lowest BCUT2D eigenvalue weighted by atomic mass is 10.3. The van der Waals surface area contributed by atoms with Crippen molar-refractivity contribution < 1.29 is 13.2 Å². The Balaban J connectivity index is 2.42. The van der Waals surface area contributed by atoms with Gasteiger partial charge >= 0.3 is 0 Å². The van der Waals surface area contributed by atoms with Crippen molar-refractivity contribution >= 4 is 59.2 Å².